The summed E-state index contributed by atoms with van der Waals surface area (Å²) in [5.41, 5.74) is 2.98. The number of rotatable bonds is 4. The van der Waals surface area contributed by atoms with Gasteiger partial charge in [-0.25, -0.2) is 4.98 Å². The van der Waals surface area contributed by atoms with Gasteiger partial charge in [-0.1, -0.05) is 19.1 Å². The van der Waals surface area contributed by atoms with E-state index in [9.17, 15) is 0 Å². The molecule has 0 saturated carbocycles. The van der Waals surface area contributed by atoms with E-state index in [1.54, 1.807) is 0 Å². The summed E-state index contributed by atoms with van der Waals surface area (Å²) in [4.78, 5) is 4.63. The van der Waals surface area contributed by atoms with Crippen LogP contribution < -0.4 is 5.32 Å². The van der Waals surface area contributed by atoms with Gasteiger partial charge in [0.15, 0.2) is 5.58 Å². The van der Waals surface area contributed by atoms with Gasteiger partial charge in [0.1, 0.15) is 5.52 Å². The molecule has 0 radical (unpaired) electrons. The summed E-state index contributed by atoms with van der Waals surface area (Å²) in [6.07, 6.45) is 1.12. The van der Waals surface area contributed by atoms with Crippen molar-refractivity contribution < 1.29 is 9.15 Å². The smallest absolute Gasteiger partial charge is 0.202 e. The van der Waals surface area contributed by atoms with E-state index in [-0.39, 0.29) is 5.92 Å². The van der Waals surface area contributed by atoms with Crippen molar-refractivity contribution in [3.05, 3.63) is 29.7 Å². The molecule has 4 heteroatoms. The lowest BCUT2D eigenvalue weighted by atomic mass is 10.0. The molecule has 1 fully saturated rings. The number of oxazole rings is 1. The minimum Gasteiger partial charge on any atom is -0.440 e. The number of hydrogen-bond donors (Lipinski definition) is 1. The number of aryl methyl sites for hydroxylation is 1. The van der Waals surface area contributed by atoms with Crippen LogP contribution in [0.15, 0.2) is 22.6 Å². The minimum absolute atomic E-state index is 0.221. The molecule has 3 rings (SSSR count). The first-order valence-corrected chi connectivity index (χ1v) is 6.96. The van der Waals surface area contributed by atoms with Gasteiger partial charge in [0.05, 0.1) is 19.1 Å². The zero-order valence-electron chi connectivity index (χ0n) is 11.5. The summed E-state index contributed by atoms with van der Waals surface area (Å²) in [6, 6.07) is 6.38. The van der Waals surface area contributed by atoms with Crippen LogP contribution in [0.25, 0.3) is 11.1 Å². The second-order valence-electron chi connectivity index (χ2n) is 5.18. The second-order valence-corrected chi connectivity index (χ2v) is 5.18. The van der Waals surface area contributed by atoms with Crippen molar-refractivity contribution in [2.45, 2.75) is 32.2 Å². The quantitative estimate of drug-likeness (QED) is 0.918. The number of hydrogen-bond acceptors (Lipinski definition) is 4. The highest BCUT2D eigenvalue weighted by molar-refractivity contribution is 5.76. The standard InChI is InChI=1S/C15H20N2O2/c1-3-7-16-13-9-18-8-11(13)15-17-12-6-4-5-10(2)14(12)19-15/h4-6,11,13,16H,3,7-9H2,1-2H3. The van der Waals surface area contributed by atoms with Crippen LogP contribution in [0.4, 0.5) is 0 Å². The molecule has 1 aromatic heterocycles. The largest absolute Gasteiger partial charge is 0.440 e. The van der Waals surface area contributed by atoms with E-state index in [0.29, 0.717) is 12.6 Å². The van der Waals surface area contributed by atoms with Gasteiger partial charge in [-0.15, -0.1) is 0 Å². The summed E-state index contributed by atoms with van der Waals surface area (Å²) >= 11 is 0. The molecule has 2 unspecified atom stereocenters. The van der Waals surface area contributed by atoms with Crippen LogP contribution in [0.3, 0.4) is 0 Å². The van der Waals surface area contributed by atoms with Crippen LogP contribution in [0.2, 0.25) is 0 Å². The van der Waals surface area contributed by atoms with Crippen molar-refractivity contribution in [3.63, 3.8) is 0 Å². The zero-order valence-corrected chi connectivity index (χ0v) is 11.5. The van der Waals surface area contributed by atoms with E-state index in [1.807, 2.05) is 12.1 Å². The lowest BCUT2D eigenvalue weighted by molar-refractivity contribution is 0.186. The van der Waals surface area contributed by atoms with E-state index in [4.69, 9.17) is 9.15 Å². The Bertz CT molecular complexity index is 564. The Balaban J connectivity index is 1.88. The van der Waals surface area contributed by atoms with E-state index < -0.39 is 0 Å². The SMILES string of the molecule is CCCNC1COCC1c1nc2cccc(C)c2o1. The van der Waals surface area contributed by atoms with Gasteiger partial charge < -0.3 is 14.5 Å². The van der Waals surface area contributed by atoms with Crippen LogP contribution in [-0.4, -0.2) is 30.8 Å². The summed E-state index contributed by atoms with van der Waals surface area (Å²) in [6.45, 7) is 6.65. The summed E-state index contributed by atoms with van der Waals surface area (Å²) < 4.78 is 11.5. The van der Waals surface area contributed by atoms with E-state index in [1.165, 1.54) is 0 Å². The summed E-state index contributed by atoms with van der Waals surface area (Å²) in [7, 11) is 0. The Morgan fingerprint density at radius 2 is 2.26 bits per heavy atom. The third-order valence-electron chi connectivity index (χ3n) is 3.68. The molecule has 2 heterocycles. The van der Waals surface area contributed by atoms with Gasteiger partial charge in [-0.2, -0.15) is 0 Å². The third-order valence-corrected chi connectivity index (χ3v) is 3.68. The van der Waals surface area contributed by atoms with Gasteiger partial charge in [0.25, 0.3) is 0 Å². The molecule has 1 aliphatic rings. The number of nitrogens with one attached hydrogen (secondary N) is 1. The van der Waals surface area contributed by atoms with Crippen molar-refractivity contribution in [1.29, 1.82) is 0 Å². The molecule has 0 spiro atoms. The maximum absolute atomic E-state index is 5.96. The third kappa shape index (κ3) is 2.38. The van der Waals surface area contributed by atoms with Crippen LogP contribution in [-0.2, 0) is 4.74 Å². The molecule has 0 amide bonds. The molecule has 0 bridgehead atoms. The van der Waals surface area contributed by atoms with Crippen LogP contribution in [0, 0.1) is 6.92 Å². The Kier molecular flexibility index (Phi) is 3.53. The molecular formula is C15H20N2O2. The molecule has 19 heavy (non-hydrogen) atoms. The van der Waals surface area contributed by atoms with Gasteiger partial charge in [0, 0.05) is 6.04 Å². The highest BCUT2D eigenvalue weighted by Gasteiger charge is 2.33. The predicted molar refractivity (Wildman–Crippen MR) is 74.4 cm³/mol. The average Bonchev–Trinajstić information content (AvgIpc) is 3.02. The molecule has 1 N–H and O–H groups in total. The van der Waals surface area contributed by atoms with Gasteiger partial charge >= 0.3 is 0 Å². The van der Waals surface area contributed by atoms with Crippen molar-refractivity contribution in [3.8, 4) is 0 Å². The summed E-state index contributed by atoms with van der Waals surface area (Å²) in [5, 5.41) is 3.51. The number of nitrogens with zero attached hydrogens (tertiary/aromatic N) is 1. The first-order valence-electron chi connectivity index (χ1n) is 6.96. The Labute approximate surface area is 113 Å². The molecule has 2 atom stereocenters. The maximum Gasteiger partial charge on any atom is 0.202 e. The lowest BCUT2D eigenvalue weighted by Crippen LogP contribution is -2.34. The Morgan fingerprint density at radius 3 is 3.05 bits per heavy atom. The van der Waals surface area contributed by atoms with E-state index in [0.717, 1.165) is 42.1 Å². The monoisotopic (exact) mass is 260 g/mol. The average molecular weight is 260 g/mol. The Hall–Kier alpha value is -1.39. The number of aromatic nitrogens is 1. The predicted octanol–water partition coefficient (Wildman–Crippen LogP) is 2.62. The van der Waals surface area contributed by atoms with Crippen molar-refractivity contribution >= 4 is 11.1 Å². The fourth-order valence-electron chi connectivity index (χ4n) is 2.59. The first-order chi connectivity index (χ1) is 9.29. The highest BCUT2D eigenvalue weighted by atomic mass is 16.5. The highest BCUT2D eigenvalue weighted by Crippen LogP contribution is 2.29. The van der Waals surface area contributed by atoms with Crippen LogP contribution in [0.1, 0.15) is 30.7 Å². The molecule has 2 aromatic rings. The zero-order chi connectivity index (χ0) is 13.2. The number of ether oxygens (including phenoxy) is 1. The lowest BCUT2D eigenvalue weighted by Gasteiger charge is -2.15. The molecule has 1 aromatic carbocycles. The maximum atomic E-state index is 5.96. The van der Waals surface area contributed by atoms with E-state index in [2.05, 4.69) is 30.2 Å². The van der Waals surface area contributed by atoms with Gasteiger partial charge in [-0.3, -0.25) is 0 Å². The topological polar surface area (TPSA) is 47.3 Å². The Morgan fingerprint density at radius 1 is 1.37 bits per heavy atom. The molecule has 102 valence electrons. The fourth-order valence-corrected chi connectivity index (χ4v) is 2.59. The van der Waals surface area contributed by atoms with Gasteiger partial charge in [0.2, 0.25) is 5.89 Å². The molecule has 1 saturated heterocycles. The molecule has 0 aliphatic carbocycles. The molecule has 1 aliphatic heterocycles. The first kappa shape index (κ1) is 12.6. The summed E-state index contributed by atoms with van der Waals surface area (Å²) in [5.74, 6) is 1.02. The molecule has 4 nitrogen and oxygen atoms in total. The molecular weight excluding hydrogens is 240 g/mol. The minimum atomic E-state index is 0.221. The normalized spacial score (nSPS) is 23.3. The van der Waals surface area contributed by atoms with E-state index >= 15 is 0 Å². The number of para-hydroxylation sites is 1. The second kappa shape index (κ2) is 5.31. The van der Waals surface area contributed by atoms with Crippen LogP contribution in [0.5, 0.6) is 0 Å². The number of benzene rings is 1. The van der Waals surface area contributed by atoms with Gasteiger partial charge in [-0.05, 0) is 31.5 Å². The van der Waals surface area contributed by atoms with Crippen molar-refractivity contribution in [1.82, 2.24) is 10.3 Å². The van der Waals surface area contributed by atoms with Crippen molar-refractivity contribution in [2.75, 3.05) is 19.8 Å². The number of fused-ring (bicyclic) bond motifs is 1. The van der Waals surface area contributed by atoms with Crippen molar-refractivity contribution in [2.24, 2.45) is 0 Å². The van der Waals surface area contributed by atoms with Crippen LogP contribution >= 0.6 is 0 Å². The fraction of sp³-hybridized carbons (Fsp3) is 0.533.